The number of alkyl carbamates (subject to hydrolysis) is 2. The second-order valence-electron chi connectivity index (χ2n) is 8.27. The molecule has 1 fully saturated rings. The van der Waals surface area contributed by atoms with Crippen LogP contribution in [0.25, 0.3) is 0 Å². The maximum absolute atomic E-state index is 13.0. The topological polar surface area (TPSA) is 100 Å². The van der Waals surface area contributed by atoms with Gasteiger partial charge in [-0.1, -0.05) is 30.3 Å². The van der Waals surface area contributed by atoms with Crippen molar-refractivity contribution in [3.05, 3.63) is 35.9 Å². The van der Waals surface area contributed by atoms with Crippen LogP contribution in [0.5, 0.6) is 0 Å². The van der Waals surface area contributed by atoms with Gasteiger partial charge < -0.3 is 29.9 Å². The second kappa shape index (κ2) is 10.8. The summed E-state index contributed by atoms with van der Waals surface area (Å²) < 4.78 is 10.4. The summed E-state index contributed by atoms with van der Waals surface area (Å²) in [6.07, 6.45) is -1.38. The van der Waals surface area contributed by atoms with Gasteiger partial charge in [0.05, 0.1) is 6.54 Å². The van der Waals surface area contributed by atoms with Crippen molar-refractivity contribution in [2.24, 2.45) is 0 Å². The monoisotopic (exact) mass is 420 g/mol. The molecular formula is C21H32N4O5. The molecule has 30 heavy (non-hydrogen) atoms. The van der Waals surface area contributed by atoms with Crippen LogP contribution in [-0.2, 0) is 20.9 Å². The molecule has 0 aliphatic carbocycles. The van der Waals surface area contributed by atoms with Crippen molar-refractivity contribution in [2.75, 3.05) is 39.8 Å². The van der Waals surface area contributed by atoms with Gasteiger partial charge in [0.2, 0.25) is 5.91 Å². The Morgan fingerprint density at radius 3 is 2.27 bits per heavy atom. The SMILES string of the molecule is CN1CCN(C(=O)[C@H](CNC(=O)OC(C)(C)C)NC(=O)OCc2ccccc2)CC1. The number of piperazine rings is 1. The third-order valence-corrected chi connectivity index (χ3v) is 4.47. The zero-order valence-corrected chi connectivity index (χ0v) is 18.1. The van der Waals surface area contributed by atoms with E-state index in [1.807, 2.05) is 37.4 Å². The predicted octanol–water partition coefficient (Wildman–Crippen LogP) is 1.58. The summed E-state index contributed by atoms with van der Waals surface area (Å²) in [5.41, 5.74) is 0.171. The lowest BCUT2D eigenvalue weighted by atomic mass is 10.2. The van der Waals surface area contributed by atoms with E-state index >= 15 is 0 Å². The van der Waals surface area contributed by atoms with Gasteiger partial charge in [-0.05, 0) is 33.4 Å². The van der Waals surface area contributed by atoms with E-state index in [-0.39, 0.29) is 19.1 Å². The van der Waals surface area contributed by atoms with E-state index < -0.39 is 23.8 Å². The molecule has 1 saturated heterocycles. The number of hydrogen-bond acceptors (Lipinski definition) is 6. The molecule has 1 atom stereocenters. The highest BCUT2D eigenvalue weighted by atomic mass is 16.6. The average Bonchev–Trinajstić information content (AvgIpc) is 2.69. The van der Waals surface area contributed by atoms with Crippen molar-refractivity contribution in [3.63, 3.8) is 0 Å². The van der Waals surface area contributed by atoms with E-state index in [0.717, 1.165) is 18.7 Å². The number of rotatable bonds is 6. The normalized spacial score (nSPS) is 15.8. The minimum Gasteiger partial charge on any atom is -0.445 e. The number of carbonyl (C=O) groups excluding carboxylic acids is 3. The Labute approximate surface area is 177 Å². The highest BCUT2D eigenvalue weighted by Crippen LogP contribution is 2.07. The molecule has 1 aromatic carbocycles. The average molecular weight is 421 g/mol. The van der Waals surface area contributed by atoms with Crippen molar-refractivity contribution in [3.8, 4) is 0 Å². The lowest BCUT2D eigenvalue weighted by Crippen LogP contribution is -2.57. The number of benzene rings is 1. The summed E-state index contributed by atoms with van der Waals surface area (Å²) in [6.45, 7) is 7.84. The van der Waals surface area contributed by atoms with Crippen LogP contribution in [0.2, 0.25) is 0 Å². The predicted molar refractivity (Wildman–Crippen MR) is 112 cm³/mol. The first-order valence-electron chi connectivity index (χ1n) is 10.1. The van der Waals surface area contributed by atoms with Crippen LogP contribution >= 0.6 is 0 Å². The first kappa shape index (κ1) is 23.5. The summed E-state index contributed by atoms with van der Waals surface area (Å²) in [7, 11) is 1.99. The number of amides is 3. The smallest absolute Gasteiger partial charge is 0.408 e. The Morgan fingerprint density at radius 2 is 1.67 bits per heavy atom. The van der Waals surface area contributed by atoms with E-state index in [2.05, 4.69) is 15.5 Å². The van der Waals surface area contributed by atoms with E-state index in [1.54, 1.807) is 25.7 Å². The lowest BCUT2D eigenvalue weighted by Gasteiger charge is -2.34. The number of ether oxygens (including phenoxy) is 2. The van der Waals surface area contributed by atoms with Crippen LogP contribution in [0.3, 0.4) is 0 Å². The number of likely N-dealkylation sites (N-methyl/N-ethyl adjacent to an activating group) is 1. The molecule has 0 spiro atoms. The van der Waals surface area contributed by atoms with Gasteiger partial charge in [0, 0.05) is 26.2 Å². The molecule has 9 nitrogen and oxygen atoms in total. The van der Waals surface area contributed by atoms with E-state index in [4.69, 9.17) is 9.47 Å². The minimum absolute atomic E-state index is 0.0849. The molecule has 0 saturated carbocycles. The second-order valence-corrected chi connectivity index (χ2v) is 8.27. The summed E-state index contributed by atoms with van der Waals surface area (Å²) in [6, 6.07) is 8.29. The van der Waals surface area contributed by atoms with Gasteiger partial charge in [-0.2, -0.15) is 0 Å². The molecule has 0 aromatic heterocycles. The van der Waals surface area contributed by atoms with Crippen molar-refractivity contribution in [2.45, 2.75) is 39.0 Å². The van der Waals surface area contributed by atoms with Gasteiger partial charge in [0.15, 0.2) is 0 Å². The zero-order chi connectivity index (χ0) is 22.1. The molecule has 0 unspecified atom stereocenters. The molecule has 1 aliphatic rings. The Balaban J connectivity index is 1.95. The van der Waals surface area contributed by atoms with Crippen LogP contribution in [0.15, 0.2) is 30.3 Å². The number of nitrogens with one attached hydrogen (secondary N) is 2. The number of hydrogen-bond donors (Lipinski definition) is 2. The van der Waals surface area contributed by atoms with Crippen molar-refractivity contribution >= 4 is 18.1 Å². The molecule has 2 rings (SSSR count). The van der Waals surface area contributed by atoms with Gasteiger partial charge in [-0.15, -0.1) is 0 Å². The van der Waals surface area contributed by atoms with Crippen LogP contribution < -0.4 is 10.6 Å². The molecule has 1 aliphatic heterocycles. The molecule has 9 heteroatoms. The standard InChI is InChI=1S/C21H32N4O5/c1-21(2,3)30-19(27)22-14-17(18(26)25-12-10-24(4)11-13-25)23-20(28)29-15-16-8-6-5-7-9-16/h5-9,17H,10-15H2,1-4H3,(H,22,27)(H,23,28)/t17-/m0/s1. The van der Waals surface area contributed by atoms with Gasteiger partial charge in [0.1, 0.15) is 18.2 Å². The molecule has 0 radical (unpaired) electrons. The molecule has 2 N–H and O–H groups in total. The van der Waals surface area contributed by atoms with Crippen molar-refractivity contribution in [1.29, 1.82) is 0 Å². The van der Waals surface area contributed by atoms with Gasteiger partial charge in [-0.3, -0.25) is 4.79 Å². The summed E-state index contributed by atoms with van der Waals surface area (Å²) >= 11 is 0. The van der Waals surface area contributed by atoms with Gasteiger partial charge in [-0.25, -0.2) is 9.59 Å². The molecule has 3 amide bonds. The van der Waals surface area contributed by atoms with Gasteiger partial charge in [0.25, 0.3) is 0 Å². The summed E-state index contributed by atoms with van der Waals surface area (Å²) in [5.74, 6) is -0.268. The number of carbonyl (C=O) groups is 3. The minimum atomic E-state index is -0.954. The van der Waals surface area contributed by atoms with Crippen molar-refractivity contribution < 1.29 is 23.9 Å². The van der Waals surface area contributed by atoms with Crippen molar-refractivity contribution in [1.82, 2.24) is 20.4 Å². The Morgan fingerprint density at radius 1 is 1.03 bits per heavy atom. The van der Waals surface area contributed by atoms with E-state index in [0.29, 0.717) is 13.1 Å². The Bertz CT molecular complexity index is 712. The maximum atomic E-state index is 13.0. The first-order valence-corrected chi connectivity index (χ1v) is 10.1. The van der Waals surface area contributed by atoms with E-state index in [9.17, 15) is 14.4 Å². The third kappa shape index (κ3) is 8.28. The Kier molecular flexibility index (Phi) is 8.46. The highest BCUT2D eigenvalue weighted by molar-refractivity contribution is 5.86. The van der Waals surface area contributed by atoms with Crippen LogP contribution in [0, 0.1) is 0 Å². The summed E-state index contributed by atoms with van der Waals surface area (Å²) in [5, 5.41) is 5.14. The maximum Gasteiger partial charge on any atom is 0.408 e. The molecule has 1 aromatic rings. The fourth-order valence-corrected chi connectivity index (χ4v) is 2.85. The molecule has 166 valence electrons. The van der Waals surface area contributed by atoms with E-state index in [1.165, 1.54) is 0 Å². The van der Waals surface area contributed by atoms with Crippen LogP contribution in [-0.4, -0.2) is 79.3 Å². The van der Waals surface area contributed by atoms with Gasteiger partial charge >= 0.3 is 12.2 Å². The molecular weight excluding hydrogens is 388 g/mol. The van der Waals surface area contributed by atoms with Crippen LogP contribution in [0.4, 0.5) is 9.59 Å². The quantitative estimate of drug-likeness (QED) is 0.725. The summed E-state index contributed by atoms with van der Waals surface area (Å²) in [4.78, 5) is 41.0. The fourth-order valence-electron chi connectivity index (χ4n) is 2.85. The lowest BCUT2D eigenvalue weighted by molar-refractivity contribution is -0.134. The van der Waals surface area contributed by atoms with Crippen LogP contribution in [0.1, 0.15) is 26.3 Å². The number of nitrogens with zero attached hydrogens (tertiary/aromatic N) is 2. The third-order valence-electron chi connectivity index (χ3n) is 4.47. The zero-order valence-electron chi connectivity index (χ0n) is 18.1. The molecule has 1 heterocycles. The largest absolute Gasteiger partial charge is 0.445 e. The molecule has 0 bridgehead atoms. The first-order chi connectivity index (χ1) is 14.1. The Hall–Kier alpha value is -2.81. The highest BCUT2D eigenvalue weighted by Gasteiger charge is 2.29. The fraction of sp³-hybridized carbons (Fsp3) is 0.571.